The zero-order valence-electron chi connectivity index (χ0n) is 5.65. The van der Waals surface area contributed by atoms with Gasteiger partial charge in [-0.1, -0.05) is 22.0 Å². The largest absolute Gasteiger partial charge is 0.446 e. The molecule has 0 amide bonds. The minimum absolute atomic E-state index is 0.0666. The molecule has 1 aromatic rings. The first kappa shape index (κ1) is 9.92. The lowest BCUT2D eigenvalue weighted by Crippen LogP contribution is -1.98. The minimum atomic E-state index is -4.24. The normalized spacial score (nSPS) is 11.7. The molecule has 0 bridgehead atoms. The third-order valence-electron chi connectivity index (χ3n) is 0.963. The molecule has 0 heterocycles. The summed E-state index contributed by atoms with van der Waals surface area (Å²) in [5.41, 5.74) is -4.24. The van der Waals surface area contributed by atoms with E-state index in [1.54, 1.807) is 6.07 Å². The molecule has 0 saturated carbocycles. The van der Waals surface area contributed by atoms with Crippen molar-refractivity contribution in [3.8, 4) is 0 Å². The summed E-state index contributed by atoms with van der Waals surface area (Å²) in [6, 6.07) is 6.92. The van der Waals surface area contributed by atoms with Gasteiger partial charge in [-0.05, 0) is 30.0 Å². The Labute approximate surface area is 80.3 Å². The van der Waals surface area contributed by atoms with Crippen LogP contribution in [0.1, 0.15) is 0 Å². The molecule has 0 saturated heterocycles. The van der Waals surface area contributed by atoms with Crippen molar-refractivity contribution in [2.24, 2.45) is 0 Å². The van der Waals surface area contributed by atoms with Gasteiger partial charge in [0.05, 0.1) is 0 Å². The number of hydrogen-bond donors (Lipinski definition) is 0. The van der Waals surface area contributed by atoms with Gasteiger partial charge in [0.25, 0.3) is 0 Å². The summed E-state index contributed by atoms with van der Waals surface area (Å²) in [7, 11) is 0. The van der Waals surface area contributed by atoms with Crippen molar-refractivity contribution in [2.75, 3.05) is 0 Å². The summed E-state index contributed by atoms with van der Waals surface area (Å²) in [5.74, 6) is 0. The van der Waals surface area contributed by atoms with E-state index in [9.17, 15) is 13.2 Å². The topological polar surface area (TPSA) is 0 Å². The van der Waals surface area contributed by atoms with Gasteiger partial charge < -0.3 is 0 Å². The van der Waals surface area contributed by atoms with E-state index in [4.69, 9.17) is 0 Å². The van der Waals surface area contributed by atoms with E-state index < -0.39 is 5.51 Å². The number of thioether (sulfide) groups is 1. The molecule has 0 fully saturated rings. The van der Waals surface area contributed by atoms with Crippen molar-refractivity contribution < 1.29 is 13.2 Å². The molecule has 0 atom stereocenters. The van der Waals surface area contributed by atoms with Crippen molar-refractivity contribution in [1.82, 2.24) is 0 Å². The first-order valence-electron chi connectivity index (χ1n) is 2.90. The zero-order valence-corrected chi connectivity index (χ0v) is 8.05. The highest BCUT2D eigenvalue weighted by Crippen LogP contribution is 2.37. The maximum Gasteiger partial charge on any atom is 0.446 e. The fourth-order valence-electron chi connectivity index (χ4n) is 0.602. The van der Waals surface area contributed by atoms with Gasteiger partial charge in [0.2, 0.25) is 0 Å². The second-order valence-corrected chi connectivity index (χ2v) is 3.94. The Hall–Kier alpha value is -0.160. The SMILES string of the molecule is FC(F)(F)Sc1[c]ccc(Br)c1. The number of rotatable bonds is 1. The Kier molecular flexibility index (Phi) is 3.06. The molecule has 1 radical (unpaired) electrons. The van der Waals surface area contributed by atoms with Gasteiger partial charge in [0.1, 0.15) is 0 Å². The Morgan fingerprint density at radius 2 is 2.08 bits per heavy atom. The van der Waals surface area contributed by atoms with Crippen LogP contribution >= 0.6 is 27.7 Å². The average Bonchev–Trinajstić information content (AvgIpc) is 1.82. The van der Waals surface area contributed by atoms with Crippen molar-refractivity contribution in [1.29, 1.82) is 0 Å². The lowest BCUT2D eigenvalue weighted by molar-refractivity contribution is -0.0328. The second-order valence-electron chi connectivity index (χ2n) is 1.92. The fourth-order valence-corrected chi connectivity index (χ4v) is 1.68. The van der Waals surface area contributed by atoms with E-state index >= 15 is 0 Å². The van der Waals surface area contributed by atoms with Gasteiger partial charge >= 0.3 is 5.51 Å². The molecule has 0 aliphatic carbocycles. The molecule has 0 spiro atoms. The van der Waals surface area contributed by atoms with Gasteiger partial charge in [-0.3, -0.25) is 0 Å². The van der Waals surface area contributed by atoms with E-state index in [0.717, 1.165) is 0 Å². The summed E-state index contributed by atoms with van der Waals surface area (Å²) < 4.78 is 36.0. The van der Waals surface area contributed by atoms with Crippen LogP contribution in [-0.4, -0.2) is 5.51 Å². The molecule has 1 aromatic carbocycles. The lowest BCUT2D eigenvalue weighted by Gasteiger charge is -2.04. The lowest BCUT2D eigenvalue weighted by atomic mass is 10.4. The van der Waals surface area contributed by atoms with Crippen LogP contribution in [0, 0.1) is 6.07 Å². The van der Waals surface area contributed by atoms with Crippen LogP contribution in [0.2, 0.25) is 0 Å². The van der Waals surface area contributed by atoms with E-state index in [1.165, 1.54) is 12.1 Å². The predicted molar refractivity (Wildman–Crippen MR) is 44.9 cm³/mol. The summed E-state index contributed by atoms with van der Waals surface area (Å²) in [6.07, 6.45) is 0. The fraction of sp³-hybridized carbons (Fsp3) is 0.143. The van der Waals surface area contributed by atoms with Crippen molar-refractivity contribution >= 4 is 27.7 Å². The summed E-state index contributed by atoms with van der Waals surface area (Å²) >= 11 is 2.90. The van der Waals surface area contributed by atoms with Gasteiger partial charge in [0.15, 0.2) is 0 Å². The molecular formula is C7H3BrF3S. The third kappa shape index (κ3) is 3.49. The van der Waals surface area contributed by atoms with E-state index in [1.807, 2.05) is 0 Å². The van der Waals surface area contributed by atoms with Crippen LogP contribution < -0.4 is 0 Å². The second kappa shape index (κ2) is 3.70. The highest BCUT2D eigenvalue weighted by atomic mass is 79.9. The summed E-state index contributed by atoms with van der Waals surface area (Å²) in [4.78, 5) is 0.0666. The molecular weight excluding hydrogens is 253 g/mol. The summed E-state index contributed by atoms with van der Waals surface area (Å²) in [6.45, 7) is 0. The molecule has 0 aliphatic rings. The summed E-state index contributed by atoms with van der Waals surface area (Å²) in [5, 5.41) is 0. The highest BCUT2D eigenvalue weighted by molar-refractivity contribution is 9.10. The maximum atomic E-state index is 11.8. The van der Waals surface area contributed by atoms with Crippen LogP contribution in [0.3, 0.4) is 0 Å². The molecule has 0 nitrogen and oxygen atoms in total. The third-order valence-corrected chi connectivity index (χ3v) is 2.14. The van der Waals surface area contributed by atoms with Crippen LogP contribution in [0.4, 0.5) is 13.2 Å². The Bertz CT molecular complexity index is 272. The molecule has 0 aliphatic heterocycles. The van der Waals surface area contributed by atoms with Crippen molar-refractivity contribution in [3.63, 3.8) is 0 Å². The first-order chi connectivity index (χ1) is 5.47. The quantitative estimate of drug-likeness (QED) is 0.687. The Balaban J connectivity index is 2.77. The predicted octanol–water partition coefficient (Wildman–Crippen LogP) is 3.86. The van der Waals surface area contributed by atoms with Crippen LogP contribution in [-0.2, 0) is 0 Å². The number of halogens is 4. The van der Waals surface area contributed by atoms with Gasteiger partial charge in [-0.25, -0.2) is 0 Å². The number of benzene rings is 1. The molecule has 5 heteroatoms. The first-order valence-corrected chi connectivity index (χ1v) is 4.51. The molecule has 0 unspecified atom stereocenters. The molecule has 12 heavy (non-hydrogen) atoms. The Morgan fingerprint density at radius 1 is 1.42 bits per heavy atom. The van der Waals surface area contributed by atoms with Crippen molar-refractivity contribution in [2.45, 2.75) is 10.4 Å². The monoisotopic (exact) mass is 255 g/mol. The molecule has 0 N–H and O–H groups in total. The molecule has 0 aromatic heterocycles. The standard InChI is InChI=1S/C7H3BrF3S/c8-5-2-1-3-6(4-5)12-7(9,10)11/h1-2,4H. The van der Waals surface area contributed by atoms with E-state index in [0.29, 0.717) is 4.47 Å². The van der Waals surface area contributed by atoms with Gasteiger partial charge in [-0.2, -0.15) is 13.2 Å². The number of alkyl halides is 3. The van der Waals surface area contributed by atoms with Crippen LogP contribution in [0.15, 0.2) is 27.6 Å². The average molecular weight is 256 g/mol. The Morgan fingerprint density at radius 3 is 2.58 bits per heavy atom. The molecule has 65 valence electrons. The van der Waals surface area contributed by atoms with E-state index in [-0.39, 0.29) is 16.7 Å². The van der Waals surface area contributed by atoms with Crippen molar-refractivity contribution in [3.05, 3.63) is 28.7 Å². The zero-order chi connectivity index (χ0) is 9.19. The van der Waals surface area contributed by atoms with Crippen LogP contribution in [0.25, 0.3) is 0 Å². The van der Waals surface area contributed by atoms with Crippen LogP contribution in [0.5, 0.6) is 0 Å². The maximum absolute atomic E-state index is 11.8. The van der Waals surface area contributed by atoms with Gasteiger partial charge in [0, 0.05) is 9.37 Å². The minimum Gasteiger partial charge on any atom is -0.160 e. The van der Waals surface area contributed by atoms with E-state index in [2.05, 4.69) is 22.0 Å². The van der Waals surface area contributed by atoms with Gasteiger partial charge in [-0.15, -0.1) is 0 Å². The smallest absolute Gasteiger partial charge is 0.160 e. The number of hydrogen-bond acceptors (Lipinski definition) is 1. The highest BCUT2D eigenvalue weighted by Gasteiger charge is 2.29. The molecule has 1 rings (SSSR count).